The van der Waals surface area contributed by atoms with E-state index in [1.165, 1.54) is 4.57 Å². The molecule has 6 rings (SSSR count). The molecule has 106 valence electrons. The van der Waals surface area contributed by atoms with Crippen molar-refractivity contribution in [1.82, 2.24) is 13.9 Å². The van der Waals surface area contributed by atoms with Crippen LogP contribution in [0.4, 0.5) is 0 Å². The molecule has 0 amide bonds. The molecule has 0 radical (unpaired) electrons. The highest BCUT2D eigenvalue weighted by molar-refractivity contribution is 5.35. The monoisotopic (exact) mass is 281 g/mol. The van der Waals surface area contributed by atoms with Crippen molar-refractivity contribution in [1.29, 1.82) is 0 Å². The number of aromatic nitrogens is 3. The van der Waals surface area contributed by atoms with E-state index in [1.54, 1.807) is 9.36 Å². The molecule has 0 spiro atoms. The molecule has 1 aromatic heterocycles. The molecular weight excluding hydrogens is 266 g/mol. The van der Waals surface area contributed by atoms with Gasteiger partial charge in [-0.2, -0.15) is 0 Å². The van der Waals surface area contributed by atoms with E-state index in [1.807, 2.05) is 30.3 Å². The normalized spacial score (nSPS) is 43.4. The van der Waals surface area contributed by atoms with Gasteiger partial charge in [0.15, 0.2) is 0 Å². The molecule has 0 saturated heterocycles. The first-order chi connectivity index (χ1) is 10.1. The summed E-state index contributed by atoms with van der Waals surface area (Å²) in [5, 5.41) is 0. The summed E-state index contributed by atoms with van der Waals surface area (Å²) < 4.78 is 4.89. The highest BCUT2D eigenvalue weighted by Crippen LogP contribution is 2.88. The van der Waals surface area contributed by atoms with Crippen LogP contribution < -0.4 is 11.4 Å². The van der Waals surface area contributed by atoms with E-state index in [0.29, 0.717) is 22.9 Å². The lowest BCUT2D eigenvalue weighted by atomic mass is 9.74. The van der Waals surface area contributed by atoms with E-state index in [4.69, 9.17) is 0 Å². The SMILES string of the molecule is C[C@@]12C[C@@H]3[C@H]4[C@H]([C@H]1[C@@H]42)n1c(=O)n(-c2ccccc2)c(=O)n13. The first kappa shape index (κ1) is 10.7. The van der Waals surface area contributed by atoms with Gasteiger partial charge < -0.3 is 0 Å². The van der Waals surface area contributed by atoms with Crippen molar-refractivity contribution in [2.45, 2.75) is 25.4 Å². The number of nitrogens with zero attached hydrogens (tertiary/aromatic N) is 3. The van der Waals surface area contributed by atoms with Crippen molar-refractivity contribution >= 4 is 0 Å². The third-order valence-electron chi connectivity index (χ3n) is 6.69. The standard InChI is InChI=1S/C16H15N3O2/c1-16-7-9-10-11(16)12(16)13(10)19-15(21)17(14(20)18(9)19)8-5-3-2-4-6-8/h2-6,9-13H,7H2,1H3/t9-,10-,11-,12-,13-,16+/m1/s1. The second-order valence-electron chi connectivity index (χ2n) is 7.32. The third-order valence-corrected chi connectivity index (χ3v) is 6.69. The summed E-state index contributed by atoms with van der Waals surface area (Å²) in [5.74, 6) is 1.95. The first-order valence-corrected chi connectivity index (χ1v) is 7.66. The summed E-state index contributed by atoms with van der Waals surface area (Å²) in [6.07, 6.45) is 1.07. The topological polar surface area (TPSA) is 48.9 Å². The molecule has 5 heteroatoms. The number of fused-ring (bicyclic) bond motifs is 5. The lowest BCUT2D eigenvalue weighted by Gasteiger charge is -2.32. The summed E-state index contributed by atoms with van der Waals surface area (Å²) in [7, 11) is 0. The molecule has 3 aliphatic carbocycles. The van der Waals surface area contributed by atoms with Crippen molar-refractivity contribution in [2.75, 3.05) is 0 Å². The number of hydrogen-bond donors (Lipinski definition) is 0. The average molecular weight is 281 g/mol. The van der Waals surface area contributed by atoms with Gasteiger partial charge in [-0.3, -0.25) is 0 Å². The van der Waals surface area contributed by atoms with Gasteiger partial charge in [-0.25, -0.2) is 23.5 Å². The third kappa shape index (κ3) is 0.859. The van der Waals surface area contributed by atoms with Crippen molar-refractivity contribution in [3.63, 3.8) is 0 Å². The lowest BCUT2D eigenvalue weighted by Crippen LogP contribution is -2.38. The summed E-state index contributed by atoms with van der Waals surface area (Å²) in [6, 6.07) is 9.79. The second-order valence-corrected chi connectivity index (χ2v) is 7.32. The van der Waals surface area contributed by atoms with Crippen LogP contribution in [-0.4, -0.2) is 13.9 Å². The minimum absolute atomic E-state index is 0.154. The second kappa shape index (κ2) is 2.80. The van der Waals surface area contributed by atoms with Crippen molar-refractivity contribution in [2.24, 2.45) is 23.2 Å². The molecule has 6 atom stereocenters. The minimum atomic E-state index is -0.158. The minimum Gasteiger partial charge on any atom is -0.245 e. The van der Waals surface area contributed by atoms with Crippen molar-refractivity contribution in [3.05, 3.63) is 51.3 Å². The van der Waals surface area contributed by atoms with Gasteiger partial charge in [-0.1, -0.05) is 25.1 Å². The molecule has 21 heavy (non-hydrogen) atoms. The zero-order valence-electron chi connectivity index (χ0n) is 11.6. The Balaban J connectivity index is 1.64. The van der Waals surface area contributed by atoms with Gasteiger partial charge in [-0.05, 0) is 35.8 Å². The van der Waals surface area contributed by atoms with Crippen LogP contribution in [0.3, 0.4) is 0 Å². The van der Waals surface area contributed by atoms with E-state index >= 15 is 0 Å². The Labute approximate surface area is 120 Å². The molecule has 3 saturated carbocycles. The maximum atomic E-state index is 12.8. The molecule has 0 N–H and O–H groups in total. The average Bonchev–Trinajstić information content (AvgIpc) is 2.61. The fourth-order valence-corrected chi connectivity index (χ4v) is 5.96. The Hall–Kier alpha value is -2.04. The number of hydrogen-bond acceptors (Lipinski definition) is 2. The van der Waals surface area contributed by atoms with Crippen LogP contribution in [0.15, 0.2) is 39.9 Å². The Morgan fingerprint density at radius 1 is 1.05 bits per heavy atom. The van der Waals surface area contributed by atoms with Crippen LogP contribution in [-0.2, 0) is 0 Å². The molecular formula is C16H15N3O2. The fraction of sp³-hybridized carbons (Fsp3) is 0.500. The van der Waals surface area contributed by atoms with Crippen LogP contribution in [0.2, 0.25) is 0 Å². The Bertz CT molecular complexity index is 884. The Morgan fingerprint density at radius 2 is 1.76 bits per heavy atom. The summed E-state index contributed by atoms with van der Waals surface area (Å²) in [4.78, 5) is 25.6. The zero-order chi connectivity index (χ0) is 14.1. The Kier molecular flexibility index (Phi) is 1.42. The largest absolute Gasteiger partial charge is 0.352 e. The van der Waals surface area contributed by atoms with Gasteiger partial charge in [0.25, 0.3) is 0 Å². The maximum Gasteiger partial charge on any atom is 0.352 e. The van der Waals surface area contributed by atoms with Gasteiger partial charge >= 0.3 is 11.4 Å². The van der Waals surface area contributed by atoms with E-state index in [2.05, 4.69) is 6.92 Å². The summed E-state index contributed by atoms with van der Waals surface area (Å²) in [6.45, 7) is 2.34. The van der Waals surface area contributed by atoms with Crippen LogP contribution >= 0.6 is 0 Å². The zero-order valence-corrected chi connectivity index (χ0v) is 11.6. The van der Waals surface area contributed by atoms with Crippen molar-refractivity contribution in [3.8, 4) is 5.69 Å². The molecule has 5 nitrogen and oxygen atoms in total. The van der Waals surface area contributed by atoms with Gasteiger partial charge in [-0.15, -0.1) is 0 Å². The smallest absolute Gasteiger partial charge is 0.245 e. The van der Waals surface area contributed by atoms with Gasteiger partial charge in [0, 0.05) is 5.92 Å². The molecule has 0 bridgehead atoms. The highest BCUT2D eigenvalue weighted by atomic mass is 16.2. The summed E-state index contributed by atoms with van der Waals surface area (Å²) >= 11 is 0. The number of benzene rings is 1. The van der Waals surface area contributed by atoms with Gasteiger partial charge in [0.1, 0.15) is 0 Å². The molecule has 0 unspecified atom stereocenters. The number of rotatable bonds is 1. The quantitative estimate of drug-likeness (QED) is 0.788. The molecule has 3 fully saturated rings. The van der Waals surface area contributed by atoms with Gasteiger partial charge in [0.05, 0.1) is 17.8 Å². The fourth-order valence-electron chi connectivity index (χ4n) is 5.96. The van der Waals surface area contributed by atoms with E-state index in [0.717, 1.165) is 12.3 Å². The Morgan fingerprint density at radius 3 is 2.48 bits per heavy atom. The highest BCUT2D eigenvalue weighted by Gasteiger charge is 2.86. The van der Waals surface area contributed by atoms with Gasteiger partial charge in [0.2, 0.25) is 0 Å². The maximum absolute atomic E-state index is 12.8. The predicted octanol–water partition coefficient (Wildman–Crippen LogP) is 1.18. The lowest BCUT2D eigenvalue weighted by molar-refractivity contribution is 0.154. The molecule has 1 aliphatic heterocycles. The van der Waals surface area contributed by atoms with E-state index in [-0.39, 0.29) is 23.5 Å². The molecule has 2 aromatic rings. The molecule has 1 aromatic carbocycles. The molecule has 2 heterocycles. The number of para-hydroxylation sites is 1. The van der Waals surface area contributed by atoms with Crippen LogP contribution in [0.25, 0.3) is 5.69 Å². The van der Waals surface area contributed by atoms with Crippen LogP contribution in [0, 0.1) is 23.2 Å². The van der Waals surface area contributed by atoms with Crippen LogP contribution in [0.5, 0.6) is 0 Å². The summed E-state index contributed by atoms with van der Waals surface area (Å²) in [5.41, 5.74) is 0.766. The van der Waals surface area contributed by atoms with Crippen LogP contribution in [0.1, 0.15) is 25.4 Å². The van der Waals surface area contributed by atoms with E-state index < -0.39 is 0 Å². The molecule has 4 aliphatic rings. The predicted molar refractivity (Wildman–Crippen MR) is 75.6 cm³/mol. The van der Waals surface area contributed by atoms with Crippen molar-refractivity contribution < 1.29 is 0 Å². The van der Waals surface area contributed by atoms with E-state index in [9.17, 15) is 9.59 Å². The first-order valence-electron chi connectivity index (χ1n) is 7.66.